The molecule has 146 valence electrons. The van der Waals surface area contributed by atoms with Crippen LogP contribution in [-0.2, 0) is 4.79 Å². The second-order valence-corrected chi connectivity index (χ2v) is 8.01. The Morgan fingerprint density at radius 3 is 2.48 bits per heavy atom. The first-order valence-corrected chi connectivity index (χ1v) is 10.2. The second-order valence-electron chi connectivity index (χ2n) is 7.01. The molecule has 3 rings (SSSR count). The zero-order chi connectivity index (χ0) is 19.6. The van der Waals surface area contributed by atoms with Gasteiger partial charge in [-0.2, -0.15) is 0 Å². The summed E-state index contributed by atoms with van der Waals surface area (Å²) in [5.74, 6) is 0.847. The van der Waals surface area contributed by atoms with Gasteiger partial charge in [-0.25, -0.2) is 9.97 Å². The predicted molar refractivity (Wildman–Crippen MR) is 107 cm³/mol. The molecule has 0 spiro atoms. The van der Waals surface area contributed by atoms with E-state index in [-0.39, 0.29) is 11.8 Å². The maximum Gasteiger partial charge on any atom is 0.264 e. The SMILES string of the molecule is CCCNC(=O)CN1CCN(C(=O)c2sc3nc(C)nc(C)c3c2C)CC1. The Bertz CT molecular complexity index is 855. The van der Waals surface area contributed by atoms with Crippen LogP contribution in [0, 0.1) is 20.8 Å². The van der Waals surface area contributed by atoms with Gasteiger partial charge in [0, 0.05) is 43.8 Å². The Labute approximate surface area is 163 Å². The largest absolute Gasteiger partial charge is 0.355 e. The van der Waals surface area contributed by atoms with Gasteiger partial charge in [-0.05, 0) is 32.8 Å². The lowest BCUT2D eigenvalue weighted by Gasteiger charge is -2.34. The van der Waals surface area contributed by atoms with Crippen molar-refractivity contribution in [3.63, 3.8) is 0 Å². The molecule has 2 aromatic rings. The summed E-state index contributed by atoms with van der Waals surface area (Å²) in [5.41, 5.74) is 1.90. The average Bonchev–Trinajstić information content (AvgIpc) is 2.96. The molecule has 3 heterocycles. The number of piperazine rings is 1. The maximum atomic E-state index is 13.0. The highest BCUT2D eigenvalue weighted by Crippen LogP contribution is 2.32. The fourth-order valence-corrected chi connectivity index (χ4v) is 4.70. The molecule has 2 aromatic heterocycles. The molecule has 0 aromatic carbocycles. The normalized spacial score (nSPS) is 15.3. The van der Waals surface area contributed by atoms with Gasteiger partial charge in [-0.3, -0.25) is 14.5 Å². The Morgan fingerprint density at radius 1 is 1.11 bits per heavy atom. The summed E-state index contributed by atoms with van der Waals surface area (Å²) in [6.45, 7) is 11.7. The first-order chi connectivity index (χ1) is 12.9. The number of aryl methyl sites for hydroxylation is 3. The predicted octanol–water partition coefficient (Wildman–Crippen LogP) is 1.90. The third-order valence-electron chi connectivity index (χ3n) is 4.88. The fourth-order valence-electron chi connectivity index (χ4n) is 3.45. The number of amides is 2. The van der Waals surface area contributed by atoms with Gasteiger partial charge in [0.1, 0.15) is 10.7 Å². The fraction of sp³-hybridized carbons (Fsp3) is 0.579. The minimum Gasteiger partial charge on any atom is -0.355 e. The van der Waals surface area contributed by atoms with Gasteiger partial charge >= 0.3 is 0 Å². The Balaban J connectivity index is 1.66. The molecule has 7 nitrogen and oxygen atoms in total. The summed E-state index contributed by atoms with van der Waals surface area (Å²) in [4.78, 5) is 39.5. The van der Waals surface area contributed by atoms with Gasteiger partial charge in [0.2, 0.25) is 5.91 Å². The van der Waals surface area contributed by atoms with E-state index in [4.69, 9.17) is 0 Å². The van der Waals surface area contributed by atoms with E-state index in [0.29, 0.717) is 39.3 Å². The summed E-state index contributed by atoms with van der Waals surface area (Å²) in [7, 11) is 0. The molecular formula is C19H27N5O2S. The topological polar surface area (TPSA) is 78.4 Å². The third-order valence-corrected chi connectivity index (χ3v) is 6.05. The molecule has 8 heteroatoms. The lowest BCUT2D eigenvalue weighted by molar-refractivity contribution is -0.122. The summed E-state index contributed by atoms with van der Waals surface area (Å²) >= 11 is 1.45. The number of carbonyl (C=O) groups is 2. The van der Waals surface area contributed by atoms with Gasteiger partial charge in [0.15, 0.2) is 0 Å². The number of carbonyl (C=O) groups excluding carboxylic acids is 2. The van der Waals surface area contributed by atoms with E-state index in [9.17, 15) is 9.59 Å². The minimum atomic E-state index is 0.0568. The smallest absolute Gasteiger partial charge is 0.264 e. The van der Waals surface area contributed by atoms with Crippen molar-refractivity contribution in [2.45, 2.75) is 34.1 Å². The van der Waals surface area contributed by atoms with Crippen LogP contribution in [0.15, 0.2) is 0 Å². The van der Waals surface area contributed by atoms with Crippen LogP contribution < -0.4 is 5.32 Å². The standard InChI is InChI=1S/C19H27N5O2S/c1-5-6-20-15(25)11-23-7-9-24(10-8-23)19(26)17-12(2)16-13(3)21-14(4)22-18(16)27-17/h5-11H2,1-4H3,(H,20,25). The van der Waals surface area contributed by atoms with Gasteiger partial charge in [0.25, 0.3) is 5.91 Å². The number of fused-ring (bicyclic) bond motifs is 1. The zero-order valence-corrected chi connectivity index (χ0v) is 17.3. The van der Waals surface area contributed by atoms with Crippen molar-refractivity contribution in [3.8, 4) is 0 Å². The van der Waals surface area contributed by atoms with E-state index < -0.39 is 0 Å². The summed E-state index contributed by atoms with van der Waals surface area (Å²) in [5, 5.41) is 3.90. The zero-order valence-electron chi connectivity index (χ0n) is 16.5. The summed E-state index contributed by atoms with van der Waals surface area (Å²) < 4.78 is 0. The summed E-state index contributed by atoms with van der Waals surface area (Å²) in [6.07, 6.45) is 0.936. The molecule has 1 aliphatic heterocycles. The molecule has 0 unspecified atom stereocenters. The molecule has 1 fully saturated rings. The van der Waals surface area contributed by atoms with E-state index in [1.54, 1.807) is 0 Å². The molecule has 2 amide bonds. The van der Waals surface area contributed by atoms with Crippen LogP contribution >= 0.6 is 11.3 Å². The number of thiophene rings is 1. The van der Waals surface area contributed by atoms with Crippen LogP contribution in [0.5, 0.6) is 0 Å². The molecule has 0 atom stereocenters. The Hall–Kier alpha value is -2.06. The van der Waals surface area contributed by atoms with E-state index in [1.165, 1.54) is 11.3 Å². The molecular weight excluding hydrogens is 362 g/mol. The number of nitrogens with zero attached hydrogens (tertiary/aromatic N) is 4. The van der Waals surface area contributed by atoms with Crippen LogP contribution in [-0.4, -0.2) is 70.9 Å². The highest BCUT2D eigenvalue weighted by molar-refractivity contribution is 7.20. The van der Waals surface area contributed by atoms with Crippen molar-refractivity contribution in [3.05, 3.63) is 22.0 Å². The monoisotopic (exact) mass is 389 g/mol. The summed E-state index contributed by atoms with van der Waals surface area (Å²) in [6, 6.07) is 0. The van der Waals surface area contributed by atoms with Gasteiger partial charge in [-0.1, -0.05) is 6.92 Å². The van der Waals surface area contributed by atoms with Crippen molar-refractivity contribution in [2.75, 3.05) is 39.3 Å². The maximum absolute atomic E-state index is 13.0. The molecule has 27 heavy (non-hydrogen) atoms. The molecule has 0 bridgehead atoms. The van der Waals surface area contributed by atoms with Crippen LogP contribution in [0.4, 0.5) is 0 Å². The highest BCUT2D eigenvalue weighted by Gasteiger charge is 2.27. The van der Waals surface area contributed by atoms with Crippen molar-refractivity contribution >= 4 is 33.4 Å². The highest BCUT2D eigenvalue weighted by atomic mass is 32.1. The lowest BCUT2D eigenvalue weighted by Crippen LogP contribution is -2.51. The first-order valence-electron chi connectivity index (χ1n) is 9.43. The van der Waals surface area contributed by atoms with E-state index in [0.717, 1.165) is 38.6 Å². The number of hydrogen-bond donors (Lipinski definition) is 1. The van der Waals surface area contributed by atoms with Crippen molar-refractivity contribution in [1.29, 1.82) is 0 Å². The van der Waals surface area contributed by atoms with Crippen LogP contribution in [0.3, 0.4) is 0 Å². The number of hydrogen-bond acceptors (Lipinski definition) is 6. The van der Waals surface area contributed by atoms with Crippen molar-refractivity contribution < 1.29 is 9.59 Å². The van der Waals surface area contributed by atoms with E-state index in [1.807, 2.05) is 32.6 Å². The molecule has 1 N–H and O–H groups in total. The van der Waals surface area contributed by atoms with Crippen molar-refractivity contribution in [2.24, 2.45) is 0 Å². The number of rotatable bonds is 5. The number of nitrogens with one attached hydrogen (secondary N) is 1. The number of aromatic nitrogens is 2. The average molecular weight is 390 g/mol. The molecule has 0 saturated carbocycles. The molecule has 1 aliphatic rings. The van der Waals surface area contributed by atoms with Gasteiger partial charge < -0.3 is 10.2 Å². The molecule has 1 saturated heterocycles. The third kappa shape index (κ3) is 4.27. The minimum absolute atomic E-state index is 0.0568. The van der Waals surface area contributed by atoms with Crippen molar-refractivity contribution in [1.82, 2.24) is 25.1 Å². The first kappa shape index (κ1) is 19.7. The lowest BCUT2D eigenvalue weighted by atomic mass is 10.1. The van der Waals surface area contributed by atoms with Crippen LogP contribution in [0.25, 0.3) is 10.2 Å². The second kappa shape index (κ2) is 8.31. The molecule has 0 aliphatic carbocycles. The Kier molecular flexibility index (Phi) is 6.06. The van der Waals surface area contributed by atoms with E-state index >= 15 is 0 Å². The van der Waals surface area contributed by atoms with Gasteiger partial charge in [0.05, 0.1) is 11.4 Å². The van der Waals surface area contributed by atoms with E-state index in [2.05, 4.69) is 20.2 Å². The molecule has 0 radical (unpaired) electrons. The van der Waals surface area contributed by atoms with Gasteiger partial charge in [-0.15, -0.1) is 11.3 Å². The van der Waals surface area contributed by atoms with Crippen LogP contribution in [0.1, 0.15) is 40.1 Å². The quantitative estimate of drug-likeness (QED) is 0.845. The van der Waals surface area contributed by atoms with Crippen LogP contribution in [0.2, 0.25) is 0 Å². The Morgan fingerprint density at radius 2 is 1.81 bits per heavy atom.